The van der Waals surface area contributed by atoms with Crippen LogP contribution < -0.4 is 0 Å². The van der Waals surface area contributed by atoms with Crippen LogP contribution in [-0.4, -0.2) is 65.5 Å². The molecule has 1 aromatic carbocycles. The summed E-state index contributed by atoms with van der Waals surface area (Å²) in [6, 6.07) is 11.5. The molecule has 0 spiro atoms. The van der Waals surface area contributed by atoms with Crippen LogP contribution in [0.3, 0.4) is 0 Å². The molecule has 0 aliphatic carbocycles. The summed E-state index contributed by atoms with van der Waals surface area (Å²) in [7, 11) is -3.10. The lowest BCUT2D eigenvalue weighted by Gasteiger charge is -2.21. The fraction of sp³-hybridized carbons (Fsp3) is 0.520. The number of nitrogens with zero attached hydrogens (tertiary/aromatic N) is 3. The van der Waals surface area contributed by atoms with Crippen molar-refractivity contribution in [3.8, 4) is 11.8 Å². The Morgan fingerprint density at radius 1 is 1.27 bits per heavy atom. The third-order valence-electron chi connectivity index (χ3n) is 7.23. The molecule has 1 aromatic heterocycles. The largest absolute Gasteiger partial charge is 0.391 e. The Balaban J connectivity index is 1.68. The summed E-state index contributed by atoms with van der Waals surface area (Å²) in [6.45, 7) is 4.17. The smallest absolute Gasteiger partial charge is 0.178 e. The highest BCUT2D eigenvalue weighted by Crippen LogP contribution is 2.38. The molecule has 2 aromatic rings. The van der Waals surface area contributed by atoms with Gasteiger partial charge in [-0.05, 0) is 68.9 Å². The predicted molar refractivity (Wildman–Crippen MR) is 126 cm³/mol. The van der Waals surface area contributed by atoms with Crippen LogP contribution >= 0.6 is 0 Å². The van der Waals surface area contributed by atoms with E-state index in [2.05, 4.69) is 11.0 Å². The van der Waals surface area contributed by atoms with Crippen LogP contribution in [0.5, 0.6) is 0 Å². The number of nitriles is 1. The third-order valence-corrected chi connectivity index (χ3v) is 8.21. The van der Waals surface area contributed by atoms with Gasteiger partial charge in [-0.2, -0.15) is 5.26 Å². The van der Waals surface area contributed by atoms with Crippen LogP contribution in [0.25, 0.3) is 5.69 Å². The summed E-state index contributed by atoms with van der Waals surface area (Å²) in [6.07, 6.45) is 4.02. The molecular formula is C25H31N3O4S. The van der Waals surface area contributed by atoms with Gasteiger partial charge in [0.15, 0.2) is 5.78 Å². The number of Topliss-reactive ketones (excluding diaryl/α,β-unsaturated/α-hetero) is 1. The molecule has 0 saturated carbocycles. The molecule has 2 aliphatic rings. The van der Waals surface area contributed by atoms with Crippen molar-refractivity contribution in [3.05, 3.63) is 52.8 Å². The van der Waals surface area contributed by atoms with Crippen LogP contribution in [0, 0.1) is 18.3 Å². The van der Waals surface area contributed by atoms with Crippen molar-refractivity contribution in [1.29, 1.82) is 5.26 Å². The summed E-state index contributed by atoms with van der Waals surface area (Å²) in [4.78, 5) is 15.6. The molecule has 2 fully saturated rings. The van der Waals surface area contributed by atoms with Gasteiger partial charge in [0.2, 0.25) is 0 Å². The molecule has 1 N–H and O–H groups in total. The second kappa shape index (κ2) is 9.05. The number of ketones is 1. The number of hydrogen-bond donors (Lipinski definition) is 1. The van der Waals surface area contributed by atoms with Crippen LogP contribution in [0.2, 0.25) is 0 Å². The maximum Gasteiger partial charge on any atom is 0.178 e. The summed E-state index contributed by atoms with van der Waals surface area (Å²) in [5, 5.41) is 19.4. The van der Waals surface area contributed by atoms with Gasteiger partial charge in [0.1, 0.15) is 9.84 Å². The molecule has 2 aliphatic heterocycles. The van der Waals surface area contributed by atoms with E-state index in [1.165, 1.54) is 6.26 Å². The van der Waals surface area contributed by atoms with Gasteiger partial charge in [-0.15, -0.1) is 0 Å². The number of carbonyl (C=O) groups is 1. The zero-order chi connectivity index (χ0) is 23.9. The highest BCUT2D eigenvalue weighted by atomic mass is 32.2. The fourth-order valence-corrected chi connectivity index (χ4v) is 6.19. The van der Waals surface area contributed by atoms with E-state index in [4.69, 9.17) is 5.26 Å². The Bertz CT molecular complexity index is 1190. The maximum atomic E-state index is 13.4. The molecule has 33 heavy (non-hydrogen) atoms. The number of hydrogen-bond acceptors (Lipinski definition) is 6. The second-order valence-electron chi connectivity index (χ2n) is 9.58. The standard InChI is InChI=1S/C25H31N3O4S/c1-16(10-11-33(3,31)32)23-13-21(17(2)28(23)19-6-4-18(14-26)5-7-19)25(30)15-27-20-8-9-22(27)24(29)12-20/h4-7,13,16,20,22,24,29H,8-12,15H2,1-3H3. The molecule has 176 valence electrons. The molecule has 0 radical (unpaired) electrons. The Morgan fingerprint density at radius 3 is 2.52 bits per heavy atom. The molecule has 8 heteroatoms. The number of aromatic nitrogens is 1. The van der Waals surface area contributed by atoms with Gasteiger partial charge < -0.3 is 9.67 Å². The first kappa shape index (κ1) is 23.7. The Hall–Kier alpha value is -2.47. The molecule has 4 atom stereocenters. The molecule has 0 amide bonds. The van der Waals surface area contributed by atoms with Gasteiger partial charge in [0, 0.05) is 41.0 Å². The van der Waals surface area contributed by atoms with Crippen molar-refractivity contribution >= 4 is 15.6 Å². The van der Waals surface area contributed by atoms with Crippen molar-refractivity contribution in [2.45, 2.75) is 63.6 Å². The number of benzene rings is 1. The minimum Gasteiger partial charge on any atom is -0.391 e. The molecule has 2 bridgehead atoms. The topological polar surface area (TPSA) is 103 Å². The van der Waals surface area contributed by atoms with Gasteiger partial charge >= 0.3 is 0 Å². The average Bonchev–Trinajstić information content (AvgIpc) is 3.41. The van der Waals surface area contributed by atoms with Gasteiger partial charge in [-0.3, -0.25) is 9.69 Å². The van der Waals surface area contributed by atoms with Gasteiger partial charge in [-0.1, -0.05) is 6.92 Å². The number of carbonyl (C=O) groups excluding carboxylic acids is 1. The maximum absolute atomic E-state index is 13.4. The van der Waals surface area contributed by atoms with Crippen LogP contribution in [0.15, 0.2) is 30.3 Å². The first-order chi connectivity index (χ1) is 15.6. The molecular weight excluding hydrogens is 438 g/mol. The van der Waals surface area contributed by atoms with Gasteiger partial charge in [0.05, 0.1) is 30.0 Å². The fourth-order valence-electron chi connectivity index (χ4n) is 5.41. The minimum absolute atomic E-state index is 0.0162. The lowest BCUT2D eigenvalue weighted by atomic mass is 9.98. The highest BCUT2D eigenvalue weighted by Gasteiger charge is 2.46. The van der Waals surface area contributed by atoms with Crippen molar-refractivity contribution in [2.24, 2.45) is 0 Å². The molecule has 4 unspecified atom stereocenters. The van der Waals surface area contributed by atoms with E-state index in [9.17, 15) is 18.3 Å². The van der Waals surface area contributed by atoms with Gasteiger partial charge in [0.25, 0.3) is 0 Å². The average molecular weight is 470 g/mol. The minimum atomic E-state index is -3.10. The first-order valence-corrected chi connectivity index (χ1v) is 13.5. The van der Waals surface area contributed by atoms with E-state index in [-0.39, 0.29) is 42.2 Å². The number of aliphatic hydroxyl groups excluding tert-OH is 1. The first-order valence-electron chi connectivity index (χ1n) is 11.5. The summed E-state index contributed by atoms with van der Waals surface area (Å²) < 4.78 is 25.5. The van der Waals surface area contributed by atoms with Crippen molar-refractivity contribution < 1.29 is 18.3 Å². The van der Waals surface area contributed by atoms with Crippen LogP contribution in [0.1, 0.15) is 65.8 Å². The third kappa shape index (κ3) is 4.77. The zero-order valence-corrected chi connectivity index (χ0v) is 20.2. The lowest BCUT2D eigenvalue weighted by Crippen LogP contribution is -2.36. The number of sulfone groups is 1. The summed E-state index contributed by atoms with van der Waals surface area (Å²) in [5.74, 6) is 0.00669. The normalized spacial score (nSPS) is 23.5. The van der Waals surface area contributed by atoms with E-state index < -0.39 is 9.84 Å². The molecule has 3 heterocycles. The zero-order valence-electron chi connectivity index (χ0n) is 19.4. The predicted octanol–water partition coefficient (Wildman–Crippen LogP) is 2.98. The molecule has 7 nitrogen and oxygen atoms in total. The summed E-state index contributed by atoms with van der Waals surface area (Å²) >= 11 is 0. The molecule has 4 rings (SSSR count). The van der Waals surface area contributed by atoms with Crippen molar-refractivity contribution in [1.82, 2.24) is 9.47 Å². The highest BCUT2D eigenvalue weighted by molar-refractivity contribution is 7.90. The van der Waals surface area contributed by atoms with E-state index in [1.807, 2.05) is 36.6 Å². The number of rotatable bonds is 8. The Labute approximate surface area is 195 Å². The summed E-state index contributed by atoms with van der Waals surface area (Å²) in [5.41, 5.74) is 3.70. The molecule has 2 saturated heterocycles. The van der Waals surface area contributed by atoms with E-state index >= 15 is 0 Å². The number of aliphatic hydroxyl groups is 1. The van der Waals surface area contributed by atoms with Crippen LogP contribution in [-0.2, 0) is 9.84 Å². The van der Waals surface area contributed by atoms with Crippen molar-refractivity contribution in [2.75, 3.05) is 18.6 Å². The van der Waals surface area contributed by atoms with E-state index in [1.54, 1.807) is 12.1 Å². The lowest BCUT2D eigenvalue weighted by molar-refractivity contribution is 0.0873. The number of fused-ring (bicyclic) bond motifs is 2. The Morgan fingerprint density at radius 2 is 1.97 bits per heavy atom. The van der Waals surface area contributed by atoms with E-state index in [0.29, 0.717) is 17.5 Å². The Kier molecular flexibility index (Phi) is 6.50. The SMILES string of the molecule is Cc1c(C(=O)CN2C3CCC2C(O)C3)cc(C(C)CCS(C)(=O)=O)n1-c1ccc(C#N)cc1. The monoisotopic (exact) mass is 469 g/mol. The van der Waals surface area contributed by atoms with E-state index in [0.717, 1.165) is 36.3 Å². The second-order valence-corrected chi connectivity index (χ2v) is 11.8. The van der Waals surface area contributed by atoms with Gasteiger partial charge in [-0.25, -0.2) is 8.42 Å². The van der Waals surface area contributed by atoms with Crippen LogP contribution in [0.4, 0.5) is 0 Å². The quantitative estimate of drug-likeness (QED) is 0.596. The van der Waals surface area contributed by atoms with Crippen molar-refractivity contribution in [3.63, 3.8) is 0 Å².